The van der Waals surface area contributed by atoms with Gasteiger partial charge in [-0.2, -0.15) is 0 Å². The number of hydrogen-bond donors (Lipinski definition) is 1. The van der Waals surface area contributed by atoms with Gasteiger partial charge in [0.05, 0.1) is 0 Å². The Kier molecular flexibility index (Phi) is 2.10. The molecule has 9 heavy (non-hydrogen) atoms. The second-order valence-corrected chi connectivity index (χ2v) is 2.75. The van der Waals surface area contributed by atoms with Crippen LogP contribution in [0.4, 0.5) is 4.79 Å². The predicted molar refractivity (Wildman–Crippen MR) is 39.3 cm³/mol. The van der Waals surface area contributed by atoms with E-state index in [0.717, 1.165) is 23.5 Å². The van der Waals surface area contributed by atoms with Crippen LogP contribution in [0.3, 0.4) is 0 Å². The van der Waals surface area contributed by atoms with Crippen molar-refractivity contribution in [1.29, 1.82) is 0 Å². The van der Waals surface area contributed by atoms with Crippen LogP contribution in [-0.4, -0.2) is 34.4 Å². The molecule has 0 radical (unpaired) electrons. The van der Waals surface area contributed by atoms with Gasteiger partial charge in [-0.25, -0.2) is 4.79 Å². The molecule has 0 saturated carbocycles. The van der Waals surface area contributed by atoms with E-state index in [1.54, 1.807) is 0 Å². The first-order valence-corrected chi connectivity index (χ1v) is 4.31. The van der Waals surface area contributed by atoms with Crippen molar-refractivity contribution in [2.24, 2.45) is 0 Å². The maximum atomic E-state index is 10.9. The van der Waals surface area contributed by atoms with Crippen molar-refractivity contribution in [1.82, 2.24) is 9.88 Å². The minimum absolute atomic E-state index is 0.124. The number of carbonyl (C=O) groups is 1. The molecule has 2 amide bonds. The smallest absolute Gasteiger partial charge is 0.308 e. The topological polar surface area (TPSA) is 32.3 Å². The highest BCUT2D eigenvalue weighted by Gasteiger charge is 2.14. The molecule has 0 aromatic carbocycles. The molecule has 0 bridgehead atoms. The van der Waals surface area contributed by atoms with Crippen molar-refractivity contribution in [2.45, 2.75) is 12.8 Å². The summed E-state index contributed by atoms with van der Waals surface area (Å²) in [6.07, 6.45) is 2.35. The third-order valence-corrected chi connectivity index (χ3v) is 2.03. The normalized spacial score (nSPS) is 18.4. The number of hydrogen-bond acceptors (Lipinski definition) is 1. The summed E-state index contributed by atoms with van der Waals surface area (Å²) in [4.78, 5) is 15.5. The first-order valence-electron chi connectivity index (χ1n) is 3.31. The number of amides is 2. The SMILES string of the molecule is O=C(N[SiH3])N1CCCC1. The number of likely N-dealkylation sites (tertiary alicyclic amines) is 1. The molecule has 0 unspecified atom stereocenters. The second-order valence-electron chi connectivity index (χ2n) is 2.25. The molecule has 0 spiro atoms. The number of urea groups is 1. The molecular weight excluding hydrogens is 132 g/mol. The van der Waals surface area contributed by atoms with E-state index in [2.05, 4.69) is 4.98 Å². The Bertz CT molecular complexity index is 112. The molecule has 1 heterocycles. The van der Waals surface area contributed by atoms with Crippen molar-refractivity contribution in [3.8, 4) is 0 Å². The molecule has 4 heteroatoms. The Morgan fingerprint density at radius 2 is 2.00 bits per heavy atom. The molecule has 0 atom stereocenters. The van der Waals surface area contributed by atoms with E-state index in [1.165, 1.54) is 12.8 Å². The first kappa shape index (κ1) is 6.60. The van der Waals surface area contributed by atoms with Gasteiger partial charge >= 0.3 is 6.03 Å². The van der Waals surface area contributed by atoms with E-state index in [-0.39, 0.29) is 6.03 Å². The highest BCUT2D eigenvalue weighted by atomic mass is 28.2. The van der Waals surface area contributed by atoms with E-state index >= 15 is 0 Å². The van der Waals surface area contributed by atoms with Gasteiger partial charge in [0.1, 0.15) is 10.4 Å². The fourth-order valence-corrected chi connectivity index (χ4v) is 1.39. The Balaban J connectivity index is 2.32. The fraction of sp³-hybridized carbons (Fsp3) is 0.800. The van der Waals surface area contributed by atoms with Crippen LogP contribution < -0.4 is 4.98 Å². The lowest BCUT2D eigenvalue weighted by Crippen LogP contribution is -2.36. The summed E-state index contributed by atoms with van der Waals surface area (Å²) in [5.74, 6) is 0. The van der Waals surface area contributed by atoms with Gasteiger partial charge in [-0.3, -0.25) is 0 Å². The van der Waals surface area contributed by atoms with Gasteiger partial charge < -0.3 is 9.88 Å². The number of carbonyl (C=O) groups excluding carboxylic acids is 1. The van der Waals surface area contributed by atoms with Crippen LogP contribution >= 0.6 is 0 Å². The van der Waals surface area contributed by atoms with Gasteiger partial charge in [-0.05, 0) is 12.8 Å². The molecule has 0 aromatic rings. The highest BCUT2D eigenvalue weighted by Crippen LogP contribution is 2.05. The Morgan fingerprint density at radius 3 is 2.44 bits per heavy atom. The molecule has 1 saturated heterocycles. The standard InChI is InChI=1S/C5H12N2OSi/c8-5(6-9)7-3-1-2-4-7/h1-4H2,9H3,(H,6,8). The van der Waals surface area contributed by atoms with Gasteiger partial charge in [-0.15, -0.1) is 0 Å². The Labute approximate surface area is 57.9 Å². The zero-order valence-corrected chi connectivity index (χ0v) is 7.68. The van der Waals surface area contributed by atoms with Crippen molar-refractivity contribution in [3.63, 3.8) is 0 Å². The minimum Gasteiger partial charge on any atom is -0.373 e. The van der Waals surface area contributed by atoms with Crippen LogP contribution in [0, 0.1) is 0 Å². The summed E-state index contributed by atoms with van der Waals surface area (Å²) in [6, 6.07) is 0.124. The summed E-state index contributed by atoms with van der Waals surface area (Å²) in [5.41, 5.74) is 0. The molecule has 1 fully saturated rings. The van der Waals surface area contributed by atoms with Crippen molar-refractivity contribution < 1.29 is 4.79 Å². The van der Waals surface area contributed by atoms with Crippen LogP contribution in [0.15, 0.2) is 0 Å². The van der Waals surface area contributed by atoms with Gasteiger partial charge in [0.25, 0.3) is 0 Å². The molecule has 1 rings (SSSR count). The Hall–Kier alpha value is -0.513. The summed E-state index contributed by atoms with van der Waals surface area (Å²) < 4.78 is 0. The van der Waals surface area contributed by atoms with Crippen molar-refractivity contribution >= 4 is 16.4 Å². The molecule has 1 aliphatic rings. The molecule has 3 nitrogen and oxygen atoms in total. The lowest BCUT2D eigenvalue weighted by Gasteiger charge is -2.13. The third-order valence-electron chi connectivity index (χ3n) is 1.61. The van der Waals surface area contributed by atoms with Gasteiger partial charge in [0.15, 0.2) is 0 Å². The lowest BCUT2D eigenvalue weighted by atomic mass is 10.4. The summed E-state index contributed by atoms with van der Waals surface area (Å²) in [7, 11) is 0.766. The number of rotatable bonds is 0. The van der Waals surface area contributed by atoms with Gasteiger partial charge in [0.2, 0.25) is 0 Å². The van der Waals surface area contributed by atoms with E-state index in [0.29, 0.717) is 0 Å². The maximum Gasteiger partial charge on any atom is 0.308 e. The summed E-state index contributed by atoms with van der Waals surface area (Å²) in [5, 5.41) is 0. The number of nitrogens with zero attached hydrogens (tertiary/aromatic N) is 1. The molecular formula is C5H12N2OSi. The molecule has 52 valence electrons. The monoisotopic (exact) mass is 144 g/mol. The van der Waals surface area contributed by atoms with E-state index in [4.69, 9.17) is 0 Å². The molecule has 0 aromatic heterocycles. The minimum atomic E-state index is 0.124. The van der Waals surface area contributed by atoms with E-state index < -0.39 is 0 Å². The van der Waals surface area contributed by atoms with Gasteiger partial charge in [0, 0.05) is 13.1 Å². The molecule has 1 aliphatic heterocycles. The lowest BCUT2D eigenvalue weighted by molar-refractivity contribution is 0.215. The summed E-state index contributed by atoms with van der Waals surface area (Å²) in [6.45, 7) is 1.90. The van der Waals surface area contributed by atoms with Crippen LogP contribution in [0.2, 0.25) is 0 Å². The van der Waals surface area contributed by atoms with Crippen LogP contribution in [0.25, 0.3) is 0 Å². The third kappa shape index (κ3) is 1.45. The van der Waals surface area contributed by atoms with Crippen molar-refractivity contribution in [2.75, 3.05) is 13.1 Å². The highest BCUT2D eigenvalue weighted by molar-refractivity contribution is 6.13. The van der Waals surface area contributed by atoms with E-state index in [1.807, 2.05) is 4.90 Å². The first-order chi connectivity index (χ1) is 4.34. The van der Waals surface area contributed by atoms with Crippen LogP contribution in [0.5, 0.6) is 0 Å². The average molecular weight is 144 g/mol. The quantitative estimate of drug-likeness (QED) is 0.438. The predicted octanol–water partition coefficient (Wildman–Crippen LogP) is -0.928. The second kappa shape index (κ2) is 2.86. The van der Waals surface area contributed by atoms with Crippen LogP contribution in [0.1, 0.15) is 12.8 Å². The molecule has 0 aliphatic carbocycles. The fourth-order valence-electron chi connectivity index (χ4n) is 1.08. The molecule has 1 N–H and O–H groups in total. The zero-order valence-electron chi connectivity index (χ0n) is 5.68. The zero-order chi connectivity index (χ0) is 6.69. The largest absolute Gasteiger partial charge is 0.373 e. The van der Waals surface area contributed by atoms with Crippen LogP contribution in [-0.2, 0) is 0 Å². The Morgan fingerprint density at radius 1 is 1.44 bits per heavy atom. The van der Waals surface area contributed by atoms with E-state index in [9.17, 15) is 4.79 Å². The van der Waals surface area contributed by atoms with Gasteiger partial charge in [-0.1, -0.05) is 0 Å². The van der Waals surface area contributed by atoms with Crippen molar-refractivity contribution in [3.05, 3.63) is 0 Å². The average Bonchev–Trinajstić information content (AvgIpc) is 2.37. The summed E-state index contributed by atoms with van der Waals surface area (Å²) >= 11 is 0. The maximum absolute atomic E-state index is 10.9. The number of nitrogens with one attached hydrogen (secondary N) is 1.